The summed E-state index contributed by atoms with van der Waals surface area (Å²) in [6.07, 6.45) is 3.33. The molecular weight excluding hydrogens is 286 g/mol. The third-order valence-electron chi connectivity index (χ3n) is 3.81. The number of hydrogen-bond acceptors (Lipinski definition) is 3. The molecule has 108 valence electrons. The smallest absolute Gasteiger partial charge is 0.260 e. The van der Waals surface area contributed by atoms with Crippen LogP contribution in [-0.2, 0) is 0 Å². The van der Waals surface area contributed by atoms with E-state index in [1.54, 1.807) is 17.3 Å². The summed E-state index contributed by atoms with van der Waals surface area (Å²) in [6.45, 7) is 3.35. The van der Waals surface area contributed by atoms with E-state index in [0.29, 0.717) is 17.1 Å². The molecule has 0 unspecified atom stereocenters. The molecule has 4 nitrogen and oxygen atoms in total. The van der Waals surface area contributed by atoms with Gasteiger partial charge in [-0.15, -0.1) is 0 Å². The third kappa shape index (κ3) is 2.47. The van der Waals surface area contributed by atoms with Gasteiger partial charge in [-0.3, -0.25) is 9.78 Å². The second-order valence-corrected chi connectivity index (χ2v) is 5.64. The minimum atomic E-state index is -0.0164. The van der Waals surface area contributed by atoms with Crippen molar-refractivity contribution in [1.29, 1.82) is 0 Å². The summed E-state index contributed by atoms with van der Waals surface area (Å²) in [4.78, 5) is 20.8. The van der Waals surface area contributed by atoms with Crippen LogP contribution in [-0.4, -0.2) is 31.0 Å². The van der Waals surface area contributed by atoms with Gasteiger partial charge in [0.15, 0.2) is 0 Å². The van der Waals surface area contributed by atoms with E-state index in [1.807, 2.05) is 38.2 Å². The number of pyridine rings is 1. The first-order chi connectivity index (χ1) is 10.1. The second kappa shape index (κ2) is 5.37. The zero-order valence-electron chi connectivity index (χ0n) is 12.0. The third-order valence-corrected chi connectivity index (χ3v) is 4.05. The van der Waals surface area contributed by atoms with Crippen molar-refractivity contribution in [2.45, 2.75) is 6.92 Å². The lowest BCUT2D eigenvalue weighted by atomic mass is 10.1. The van der Waals surface area contributed by atoms with Crippen LogP contribution in [0, 0.1) is 6.92 Å². The molecule has 1 aromatic carbocycles. The molecular formula is C16H16ClN3O. The molecule has 21 heavy (non-hydrogen) atoms. The molecule has 5 heteroatoms. The summed E-state index contributed by atoms with van der Waals surface area (Å²) in [7, 11) is 2.01. The number of aromatic nitrogens is 1. The van der Waals surface area contributed by atoms with Crippen molar-refractivity contribution < 1.29 is 4.79 Å². The van der Waals surface area contributed by atoms with Gasteiger partial charge in [-0.2, -0.15) is 0 Å². The average molecular weight is 302 g/mol. The van der Waals surface area contributed by atoms with Crippen LogP contribution in [0.2, 0.25) is 5.02 Å². The number of aryl methyl sites for hydroxylation is 1. The lowest BCUT2D eigenvalue weighted by Gasteiger charge is -2.36. The van der Waals surface area contributed by atoms with Gasteiger partial charge in [0.05, 0.1) is 16.9 Å². The number of anilines is 2. The van der Waals surface area contributed by atoms with Crippen LogP contribution in [0.15, 0.2) is 36.7 Å². The van der Waals surface area contributed by atoms with Crippen LogP contribution in [0.3, 0.4) is 0 Å². The quantitative estimate of drug-likeness (QED) is 0.812. The summed E-state index contributed by atoms with van der Waals surface area (Å²) in [5, 5.41) is 0.674. The molecule has 2 heterocycles. The number of carbonyl (C=O) groups is 1. The highest BCUT2D eigenvalue weighted by Crippen LogP contribution is 2.35. The zero-order chi connectivity index (χ0) is 15.0. The SMILES string of the molecule is Cc1ccncc1C(=O)N1CCN(C)c2cc(Cl)ccc21. The molecule has 3 rings (SSSR count). The fourth-order valence-electron chi connectivity index (χ4n) is 2.57. The standard InChI is InChI=1S/C16H16ClN3O/c1-11-5-6-18-10-13(11)16(21)20-8-7-19(2)15-9-12(17)3-4-14(15)20/h3-6,9-10H,7-8H2,1-2H3. The Bertz CT molecular complexity index is 702. The predicted molar refractivity (Wildman–Crippen MR) is 85.4 cm³/mol. The van der Waals surface area contributed by atoms with E-state index in [1.165, 1.54) is 0 Å². The van der Waals surface area contributed by atoms with Crippen molar-refractivity contribution in [2.24, 2.45) is 0 Å². The Kier molecular flexibility index (Phi) is 3.55. The number of likely N-dealkylation sites (N-methyl/N-ethyl adjacent to an activating group) is 1. The van der Waals surface area contributed by atoms with Gasteiger partial charge in [0.25, 0.3) is 5.91 Å². The van der Waals surface area contributed by atoms with Gasteiger partial charge < -0.3 is 9.80 Å². The Morgan fingerprint density at radius 2 is 2.05 bits per heavy atom. The highest BCUT2D eigenvalue weighted by atomic mass is 35.5. The molecule has 0 bridgehead atoms. The number of fused-ring (bicyclic) bond motifs is 1. The number of rotatable bonds is 1. The summed E-state index contributed by atoms with van der Waals surface area (Å²) >= 11 is 6.07. The highest BCUT2D eigenvalue weighted by Gasteiger charge is 2.27. The first-order valence-electron chi connectivity index (χ1n) is 6.81. The van der Waals surface area contributed by atoms with Crippen molar-refractivity contribution in [3.05, 3.63) is 52.8 Å². The number of amides is 1. The Morgan fingerprint density at radius 1 is 1.24 bits per heavy atom. The van der Waals surface area contributed by atoms with Crippen molar-refractivity contribution in [3.63, 3.8) is 0 Å². The zero-order valence-corrected chi connectivity index (χ0v) is 12.8. The lowest BCUT2D eigenvalue weighted by molar-refractivity contribution is 0.0986. The molecule has 0 fully saturated rings. The van der Waals surface area contributed by atoms with Crippen LogP contribution in [0.1, 0.15) is 15.9 Å². The number of hydrogen-bond donors (Lipinski definition) is 0. The van der Waals surface area contributed by atoms with E-state index in [0.717, 1.165) is 23.5 Å². The maximum atomic E-state index is 12.8. The van der Waals surface area contributed by atoms with Crippen molar-refractivity contribution >= 4 is 28.9 Å². The molecule has 1 aliphatic heterocycles. The van der Waals surface area contributed by atoms with Gasteiger partial charge >= 0.3 is 0 Å². The minimum Gasteiger partial charge on any atom is -0.371 e. The number of benzene rings is 1. The molecule has 1 aromatic heterocycles. The van der Waals surface area contributed by atoms with E-state index in [-0.39, 0.29) is 5.91 Å². The summed E-state index contributed by atoms with van der Waals surface area (Å²) in [5.41, 5.74) is 3.44. The van der Waals surface area contributed by atoms with E-state index in [2.05, 4.69) is 9.88 Å². The monoisotopic (exact) mass is 301 g/mol. The Labute approximate surface area is 129 Å². The van der Waals surface area contributed by atoms with Gasteiger partial charge in [-0.05, 0) is 36.8 Å². The van der Waals surface area contributed by atoms with Crippen molar-refractivity contribution in [2.75, 3.05) is 29.9 Å². The molecule has 0 saturated carbocycles. The molecule has 1 aliphatic rings. The normalized spacial score (nSPS) is 14.0. The van der Waals surface area contributed by atoms with Crippen LogP contribution in [0.25, 0.3) is 0 Å². The van der Waals surface area contributed by atoms with Gasteiger partial charge in [-0.1, -0.05) is 11.6 Å². The van der Waals surface area contributed by atoms with Gasteiger partial charge in [0.2, 0.25) is 0 Å². The molecule has 0 N–H and O–H groups in total. The van der Waals surface area contributed by atoms with E-state index >= 15 is 0 Å². The molecule has 1 amide bonds. The maximum Gasteiger partial charge on any atom is 0.260 e. The summed E-state index contributed by atoms with van der Waals surface area (Å²) < 4.78 is 0. The first kappa shape index (κ1) is 13.9. The fraction of sp³-hybridized carbons (Fsp3) is 0.250. The Balaban J connectivity index is 2.03. The van der Waals surface area contributed by atoms with Gasteiger partial charge in [0.1, 0.15) is 0 Å². The summed E-state index contributed by atoms with van der Waals surface area (Å²) in [5.74, 6) is -0.0164. The predicted octanol–water partition coefficient (Wildman–Crippen LogP) is 3.14. The minimum absolute atomic E-state index is 0.0164. The van der Waals surface area contributed by atoms with E-state index < -0.39 is 0 Å². The number of nitrogens with zero attached hydrogens (tertiary/aromatic N) is 3. The van der Waals surface area contributed by atoms with Gasteiger partial charge in [-0.25, -0.2) is 0 Å². The van der Waals surface area contributed by atoms with Gasteiger partial charge in [0, 0.05) is 37.6 Å². The molecule has 0 spiro atoms. The van der Waals surface area contributed by atoms with Crippen molar-refractivity contribution in [1.82, 2.24) is 4.98 Å². The van der Waals surface area contributed by atoms with Crippen LogP contribution < -0.4 is 9.80 Å². The van der Waals surface area contributed by atoms with Crippen LogP contribution in [0.4, 0.5) is 11.4 Å². The summed E-state index contributed by atoms with van der Waals surface area (Å²) in [6, 6.07) is 7.46. The maximum absolute atomic E-state index is 12.8. The Morgan fingerprint density at radius 3 is 2.81 bits per heavy atom. The lowest BCUT2D eigenvalue weighted by Crippen LogP contribution is -2.42. The van der Waals surface area contributed by atoms with E-state index in [9.17, 15) is 4.79 Å². The average Bonchev–Trinajstić information content (AvgIpc) is 2.48. The molecule has 0 radical (unpaired) electrons. The topological polar surface area (TPSA) is 36.4 Å². The number of carbonyl (C=O) groups excluding carboxylic acids is 1. The van der Waals surface area contributed by atoms with E-state index in [4.69, 9.17) is 11.6 Å². The first-order valence-corrected chi connectivity index (χ1v) is 7.19. The molecule has 0 atom stereocenters. The second-order valence-electron chi connectivity index (χ2n) is 5.20. The Hall–Kier alpha value is -2.07. The van der Waals surface area contributed by atoms with Crippen molar-refractivity contribution in [3.8, 4) is 0 Å². The fourth-order valence-corrected chi connectivity index (χ4v) is 2.73. The largest absolute Gasteiger partial charge is 0.371 e. The van der Waals surface area contributed by atoms with Crippen LogP contribution in [0.5, 0.6) is 0 Å². The molecule has 2 aromatic rings. The molecule has 0 saturated heterocycles. The van der Waals surface area contributed by atoms with Crippen LogP contribution >= 0.6 is 11.6 Å². The highest BCUT2D eigenvalue weighted by molar-refractivity contribution is 6.31. The molecule has 0 aliphatic carbocycles. The number of halogens is 1.